The van der Waals surface area contributed by atoms with Crippen molar-refractivity contribution in [2.24, 2.45) is 17.8 Å². The molecule has 37 heavy (non-hydrogen) atoms. The summed E-state index contributed by atoms with van der Waals surface area (Å²) in [5.41, 5.74) is -1.43. The van der Waals surface area contributed by atoms with Gasteiger partial charge in [0.15, 0.2) is 11.9 Å². The number of carbonyl (C=O) groups is 5. The van der Waals surface area contributed by atoms with Crippen molar-refractivity contribution in [1.29, 1.82) is 0 Å². The van der Waals surface area contributed by atoms with Gasteiger partial charge in [-0.15, -0.1) is 0 Å². The highest BCUT2D eigenvalue weighted by molar-refractivity contribution is 5.93. The van der Waals surface area contributed by atoms with Gasteiger partial charge in [0.05, 0.1) is 6.04 Å². The Bertz CT molecular complexity index is 759. The van der Waals surface area contributed by atoms with Crippen LogP contribution in [0, 0.1) is 17.8 Å². The van der Waals surface area contributed by atoms with Crippen molar-refractivity contribution in [3.05, 3.63) is 0 Å². The van der Waals surface area contributed by atoms with Gasteiger partial charge in [-0.05, 0) is 50.4 Å². The molecule has 0 saturated heterocycles. The van der Waals surface area contributed by atoms with E-state index >= 15 is 0 Å². The van der Waals surface area contributed by atoms with Gasteiger partial charge < -0.3 is 25.0 Å². The molecule has 0 unspecified atom stereocenters. The number of nitrogens with zero attached hydrogens (tertiary/aromatic N) is 2. The first-order chi connectivity index (χ1) is 17.2. The Balaban J connectivity index is 5.65. The molecule has 10 nitrogen and oxygen atoms in total. The first-order valence-electron chi connectivity index (χ1n) is 13.3. The first kappa shape index (κ1) is 34.7. The maximum absolute atomic E-state index is 13.5. The minimum absolute atomic E-state index is 0.0295. The number of amides is 3. The second-order valence-electron chi connectivity index (χ2n) is 10.9. The number of carbonyl (C=O) groups excluding carboxylic acids is 5. The molecule has 0 saturated carbocycles. The van der Waals surface area contributed by atoms with E-state index < -0.39 is 35.6 Å². The zero-order valence-corrected chi connectivity index (χ0v) is 24.2. The van der Waals surface area contributed by atoms with E-state index in [1.165, 1.54) is 23.9 Å². The molecule has 0 rings (SSSR count). The number of aldehydes is 2. The minimum Gasteiger partial charge on any atom is -0.396 e. The molecule has 0 aliphatic carbocycles. The molecule has 0 spiro atoms. The molecular formula is C27H50N4O6. The maximum atomic E-state index is 13.5. The molecule has 0 aromatic heterocycles. The van der Waals surface area contributed by atoms with Gasteiger partial charge >= 0.3 is 0 Å². The van der Waals surface area contributed by atoms with Gasteiger partial charge in [-0.1, -0.05) is 41.5 Å². The summed E-state index contributed by atoms with van der Waals surface area (Å²) in [4.78, 5) is 65.8. The van der Waals surface area contributed by atoms with Crippen LogP contribution in [0.2, 0.25) is 0 Å². The lowest BCUT2D eigenvalue weighted by atomic mass is 9.93. The topological polar surface area (TPSA) is 136 Å². The van der Waals surface area contributed by atoms with Crippen LogP contribution in [0.15, 0.2) is 0 Å². The number of likely N-dealkylation sites (N-methyl/N-ethyl adjacent to an activating group) is 2. The second kappa shape index (κ2) is 16.5. The minimum atomic E-state index is -1.43. The predicted molar refractivity (Wildman–Crippen MR) is 143 cm³/mol. The smallest absolute Gasteiger partial charge is 0.246 e. The SMILES string of the molecule is CC[C@@H](NC(=O)CC[C@H](C)CCO)C(=O)N(C)[C@H](C)C(=O)N(C)[C@@](C=O)(CC(C)C)N[C@H](C=O)C(C)C. The fraction of sp³-hybridized carbons (Fsp3) is 0.815. The fourth-order valence-electron chi connectivity index (χ4n) is 4.15. The zero-order valence-electron chi connectivity index (χ0n) is 24.2. The summed E-state index contributed by atoms with van der Waals surface area (Å²) < 4.78 is 0. The van der Waals surface area contributed by atoms with E-state index in [1.54, 1.807) is 13.8 Å². The number of hydrogen-bond acceptors (Lipinski definition) is 7. The van der Waals surface area contributed by atoms with Gasteiger partial charge in [0, 0.05) is 27.1 Å². The largest absolute Gasteiger partial charge is 0.396 e. The van der Waals surface area contributed by atoms with Crippen molar-refractivity contribution in [2.75, 3.05) is 20.7 Å². The van der Waals surface area contributed by atoms with E-state index in [4.69, 9.17) is 5.11 Å². The summed E-state index contributed by atoms with van der Waals surface area (Å²) in [6.07, 6.45) is 3.47. The molecule has 0 aliphatic rings. The Kier molecular flexibility index (Phi) is 15.5. The third-order valence-corrected chi connectivity index (χ3v) is 6.94. The summed E-state index contributed by atoms with van der Waals surface area (Å²) in [5, 5.41) is 14.9. The van der Waals surface area contributed by atoms with Crippen LogP contribution in [0.5, 0.6) is 0 Å². The van der Waals surface area contributed by atoms with Crippen molar-refractivity contribution in [1.82, 2.24) is 20.4 Å². The molecule has 0 heterocycles. The summed E-state index contributed by atoms with van der Waals surface area (Å²) in [6.45, 7) is 12.9. The van der Waals surface area contributed by atoms with Crippen LogP contribution in [-0.4, -0.2) is 89.7 Å². The molecule has 3 amide bonds. The molecular weight excluding hydrogens is 476 g/mol. The van der Waals surface area contributed by atoms with Crippen LogP contribution in [0.3, 0.4) is 0 Å². The number of hydrogen-bond donors (Lipinski definition) is 3. The average Bonchev–Trinajstić information content (AvgIpc) is 2.85. The average molecular weight is 527 g/mol. The third kappa shape index (κ3) is 10.5. The summed E-state index contributed by atoms with van der Waals surface area (Å²) in [6, 6.07) is -2.36. The molecule has 3 N–H and O–H groups in total. The van der Waals surface area contributed by atoms with Crippen LogP contribution < -0.4 is 10.6 Å². The predicted octanol–water partition coefficient (Wildman–Crippen LogP) is 1.74. The summed E-state index contributed by atoms with van der Waals surface area (Å²) in [7, 11) is 2.99. The Hall–Kier alpha value is -2.33. The molecule has 214 valence electrons. The normalized spacial score (nSPS) is 16.3. The third-order valence-electron chi connectivity index (χ3n) is 6.94. The van der Waals surface area contributed by atoms with Gasteiger partial charge in [-0.2, -0.15) is 0 Å². The van der Waals surface area contributed by atoms with Gasteiger partial charge in [-0.3, -0.25) is 24.5 Å². The van der Waals surface area contributed by atoms with Crippen LogP contribution >= 0.6 is 0 Å². The Morgan fingerprint density at radius 3 is 2.00 bits per heavy atom. The van der Waals surface area contributed by atoms with Crippen LogP contribution in [-0.2, 0) is 24.0 Å². The monoisotopic (exact) mass is 526 g/mol. The van der Waals surface area contributed by atoms with E-state index in [0.29, 0.717) is 25.5 Å². The van der Waals surface area contributed by atoms with E-state index in [0.717, 1.165) is 6.29 Å². The Morgan fingerprint density at radius 1 is 0.973 bits per heavy atom. The van der Waals surface area contributed by atoms with Crippen molar-refractivity contribution in [3.8, 4) is 0 Å². The Labute approximate surface area is 222 Å². The lowest BCUT2D eigenvalue weighted by Gasteiger charge is -2.43. The van der Waals surface area contributed by atoms with Crippen molar-refractivity contribution in [3.63, 3.8) is 0 Å². The zero-order chi connectivity index (χ0) is 28.9. The van der Waals surface area contributed by atoms with Crippen LogP contribution in [0.4, 0.5) is 0 Å². The number of nitrogens with one attached hydrogen (secondary N) is 2. The van der Waals surface area contributed by atoms with Crippen molar-refractivity contribution >= 4 is 30.3 Å². The molecule has 0 aromatic rings. The Morgan fingerprint density at radius 2 is 1.57 bits per heavy atom. The summed E-state index contributed by atoms with van der Waals surface area (Å²) >= 11 is 0. The molecule has 5 atom stereocenters. The number of rotatable bonds is 18. The van der Waals surface area contributed by atoms with Crippen molar-refractivity contribution in [2.45, 2.75) is 104 Å². The van der Waals surface area contributed by atoms with Gasteiger partial charge in [0.1, 0.15) is 18.4 Å². The van der Waals surface area contributed by atoms with Crippen LogP contribution in [0.1, 0.15) is 80.6 Å². The molecule has 0 aromatic carbocycles. The molecule has 0 bridgehead atoms. The fourth-order valence-corrected chi connectivity index (χ4v) is 4.15. The lowest BCUT2D eigenvalue weighted by Crippen LogP contribution is -2.67. The highest BCUT2D eigenvalue weighted by atomic mass is 16.3. The van der Waals surface area contributed by atoms with Gasteiger partial charge in [-0.25, -0.2) is 0 Å². The highest BCUT2D eigenvalue weighted by Crippen LogP contribution is 2.23. The summed E-state index contributed by atoms with van der Waals surface area (Å²) in [5.74, 6) is -1.02. The maximum Gasteiger partial charge on any atom is 0.246 e. The van der Waals surface area contributed by atoms with Gasteiger partial charge in [0.25, 0.3) is 0 Å². The van der Waals surface area contributed by atoms with Crippen LogP contribution in [0.25, 0.3) is 0 Å². The van der Waals surface area contributed by atoms with E-state index in [-0.39, 0.29) is 43.1 Å². The number of aliphatic hydroxyl groups is 1. The second-order valence-corrected chi connectivity index (χ2v) is 10.9. The van der Waals surface area contributed by atoms with E-state index in [2.05, 4.69) is 10.6 Å². The molecule has 0 aliphatic heterocycles. The standard InChI is InChI=1S/C27H50N4O6/c1-10-22(28-24(35)12-11-20(6)13-14-32)26(37)30(8)21(7)25(36)31(9)27(17-34,15-18(2)3)29-23(16-33)19(4)5/h16-23,29,32H,10-15H2,1-9H3,(H,28,35)/t20-,21+,22+,23+,27+/m0/s1. The molecule has 10 heteroatoms. The lowest BCUT2D eigenvalue weighted by molar-refractivity contribution is -0.152. The van der Waals surface area contributed by atoms with E-state index in [1.807, 2.05) is 34.6 Å². The highest BCUT2D eigenvalue weighted by Gasteiger charge is 2.42. The van der Waals surface area contributed by atoms with Crippen molar-refractivity contribution < 1.29 is 29.1 Å². The first-order valence-corrected chi connectivity index (χ1v) is 13.3. The molecule has 0 radical (unpaired) electrons. The molecule has 0 fully saturated rings. The number of aliphatic hydroxyl groups excluding tert-OH is 1. The van der Waals surface area contributed by atoms with E-state index in [9.17, 15) is 24.0 Å². The van der Waals surface area contributed by atoms with Gasteiger partial charge in [0.2, 0.25) is 17.7 Å². The quantitative estimate of drug-likeness (QED) is 0.183.